The van der Waals surface area contributed by atoms with Gasteiger partial charge in [-0.3, -0.25) is 0 Å². The molecule has 0 unspecified atom stereocenters. The molecule has 318 valence electrons. The largest absolute Gasteiger partial charge is 0.455 e. The van der Waals surface area contributed by atoms with E-state index in [4.69, 9.17) is 8.83 Å². The third-order valence-corrected chi connectivity index (χ3v) is 14.1. The standard InChI is InChI=1S/C60H53BN2O2/c1-58(2,3)37-26-30-46-49(32-37)62(40-28-24-36(25-29-40)41-18-14-19-44-42-16-10-12-22-53(42)64-56(41)44)51-34-39(60(7,8)9)35-52-55(51)61(46)47-31-27-38(59(4,5)6)33-50(47)63(52)48-21-15-20-45-43-17-11-13-23-54(43)65-57(45)48/h10-35H,1-9H3. The first-order chi connectivity index (χ1) is 31.1. The van der Waals surface area contributed by atoms with Crippen molar-refractivity contribution in [3.05, 3.63) is 174 Å². The van der Waals surface area contributed by atoms with Crippen molar-refractivity contribution >= 4 is 101 Å². The van der Waals surface area contributed by atoms with E-state index >= 15 is 0 Å². The first-order valence-corrected chi connectivity index (χ1v) is 23.1. The third kappa shape index (κ3) is 6.04. The number of anilines is 6. The fraction of sp³-hybridized carbons (Fsp3) is 0.200. The first-order valence-electron chi connectivity index (χ1n) is 23.1. The van der Waals surface area contributed by atoms with Crippen LogP contribution in [0.4, 0.5) is 34.1 Å². The van der Waals surface area contributed by atoms with Crippen molar-refractivity contribution in [3.8, 4) is 11.1 Å². The zero-order valence-corrected chi connectivity index (χ0v) is 38.8. The van der Waals surface area contributed by atoms with E-state index in [1.165, 1.54) is 55.8 Å². The van der Waals surface area contributed by atoms with E-state index in [0.29, 0.717) is 0 Å². The summed E-state index contributed by atoms with van der Waals surface area (Å²) in [5, 5.41) is 4.52. The summed E-state index contributed by atoms with van der Waals surface area (Å²) in [6, 6.07) is 58.5. The van der Waals surface area contributed by atoms with Gasteiger partial charge >= 0.3 is 0 Å². The summed E-state index contributed by atoms with van der Waals surface area (Å²) in [6.45, 7) is 20.9. The molecule has 0 bridgehead atoms. The molecule has 2 aliphatic rings. The van der Waals surface area contributed by atoms with Gasteiger partial charge in [-0.05, 0) is 109 Å². The Morgan fingerprint density at radius 3 is 1.45 bits per heavy atom. The smallest absolute Gasteiger partial charge is 0.252 e. The first kappa shape index (κ1) is 39.6. The lowest BCUT2D eigenvalue weighted by molar-refractivity contribution is 0.590. The summed E-state index contributed by atoms with van der Waals surface area (Å²) < 4.78 is 13.4. The van der Waals surface area contributed by atoms with Crippen molar-refractivity contribution in [1.82, 2.24) is 0 Å². The molecule has 5 heteroatoms. The summed E-state index contributed by atoms with van der Waals surface area (Å²) >= 11 is 0. The number of para-hydroxylation sites is 4. The lowest BCUT2D eigenvalue weighted by Gasteiger charge is -2.45. The predicted octanol–water partition coefficient (Wildman–Crippen LogP) is 15.1. The van der Waals surface area contributed by atoms with Gasteiger partial charge < -0.3 is 18.6 Å². The Morgan fingerprint density at radius 1 is 0.385 bits per heavy atom. The third-order valence-electron chi connectivity index (χ3n) is 14.1. The Kier molecular flexibility index (Phi) is 8.39. The summed E-state index contributed by atoms with van der Waals surface area (Å²) in [5.74, 6) is 0. The van der Waals surface area contributed by atoms with Gasteiger partial charge in [0.05, 0.1) is 5.69 Å². The fourth-order valence-corrected chi connectivity index (χ4v) is 10.6. The average Bonchev–Trinajstić information content (AvgIpc) is 3.87. The lowest BCUT2D eigenvalue weighted by Crippen LogP contribution is -2.61. The van der Waals surface area contributed by atoms with Crippen LogP contribution in [-0.4, -0.2) is 6.71 Å². The van der Waals surface area contributed by atoms with Crippen LogP contribution in [0.15, 0.2) is 167 Å². The van der Waals surface area contributed by atoms with E-state index in [-0.39, 0.29) is 23.0 Å². The molecule has 4 nitrogen and oxygen atoms in total. The van der Waals surface area contributed by atoms with Crippen LogP contribution in [0.5, 0.6) is 0 Å². The van der Waals surface area contributed by atoms with Gasteiger partial charge in [-0.2, -0.15) is 0 Å². The molecule has 10 aromatic rings. The zero-order valence-electron chi connectivity index (χ0n) is 38.8. The van der Waals surface area contributed by atoms with Gasteiger partial charge in [0, 0.05) is 55.5 Å². The number of furan rings is 2. The van der Waals surface area contributed by atoms with Crippen molar-refractivity contribution in [2.24, 2.45) is 0 Å². The van der Waals surface area contributed by atoms with Gasteiger partial charge in [-0.1, -0.05) is 165 Å². The topological polar surface area (TPSA) is 32.8 Å². The quantitative estimate of drug-likeness (QED) is 0.166. The minimum Gasteiger partial charge on any atom is -0.455 e. The second kappa shape index (κ2) is 13.8. The Morgan fingerprint density at radius 2 is 0.862 bits per heavy atom. The number of fused-ring (bicyclic) bond motifs is 10. The molecule has 4 heterocycles. The van der Waals surface area contributed by atoms with Gasteiger partial charge in [0.2, 0.25) is 0 Å². The van der Waals surface area contributed by atoms with Crippen molar-refractivity contribution in [1.29, 1.82) is 0 Å². The summed E-state index contributed by atoms with van der Waals surface area (Å²) in [5.41, 5.74) is 20.3. The molecule has 2 aliphatic heterocycles. The monoisotopic (exact) mass is 844 g/mol. The highest BCUT2D eigenvalue weighted by molar-refractivity contribution is 7.00. The Hall–Kier alpha value is -6.98. The maximum Gasteiger partial charge on any atom is 0.252 e. The minimum absolute atomic E-state index is 0.00519. The maximum atomic E-state index is 6.88. The Labute approximate surface area is 382 Å². The van der Waals surface area contributed by atoms with Gasteiger partial charge in [-0.15, -0.1) is 0 Å². The number of rotatable bonds is 3. The second-order valence-electron chi connectivity index (χ2n) is 21.4. The highest BCUT2D eigenvalue weighted by atomic mass is 16.3. The maximum absolute atomic E-state index is 6.88. The molecular weight excluding hydrogens is 791 g/mol. The number of benzene rings is 8. The van der Waals surface area contributed by atoms with E-state index in [1.807, 2.05) is 6.07 Å². The Balaban J connectivity index is 1.14. The summed E-state index contributed by atoms with van der Waals surface area (Å²) in [6.07, 6.45) is 0. The number of hydrogen-bond acceptors (Lipinski definition) is 4. The predicted molar refractivity (Wildman–Crippen MR) is 277 cm³/mol. The summed E-state index contributed by atoms with van der Waals surface area (Å²) in [4.78, 5) is 5.08. The van der Waals surface area contributed by atoms with Crippen LogP contribution in [0.2, 0.25) is 0 Å². The summed E-state index contributed by atoms with van der Waals surface area (Å²) in [7, 11) is 0. The molecule has 0 amide bonds. The number of hydrogen-bond donors (Lipinski definition) is 0. The minimum atomic E-state index is -0.153. The van der Waals surface area contributed by atoms with E-state index in [9.17, 15) is 0 Å². The van der Waals surface area contributed by atoms with Gasteiger partial charge in [-0.25, -0.2) is 0 Å². The van der Waals surface area contributed by atoms with Crippen molar-refractivity contribution < 1.29 is 8.83 Å². The van der Waals surface area contributed by atoms with E-state index in [0.717, 1.165) is 66.4 Å². The molecular formula is C60H53BN2O2. The molecule has 0 radical (unpaired) electrons. The lowest BCUT2D eigenvalue weighted by atomic mass is 9.33. The van der Waals surface area contributed by atoms with Crippen LogP contribution in [0, 0.1) is 0 Å². The molecule has 0 atom stereocenters. The van der Waals surface area contributed by atoms with Crippen molar-refractivity contribution in [2.45, 2.75) is 78.6 Å². The SMILES string of the molecule is CC(C)(C)c1ccc2c(c1)N(c1ccc(-c3cccc4c3oc3ccccc34)cc1)c1cc(C(C)(C)C)cc3c1B2c1ccc(C(C)(C)C)cc1N3c1cccc2c1oc1ccccc12. The molecule has 0 aliphatic carbocycles. The van der Waals surface area contributed by atoms with E-state index in [2.05, 4.69) is 224 Å². The van der Waals surface area contributed by atoms with Gasteiger partial charge in [0.15, 0.2) is 5.58 Å². The Bertz CT molecular complexity index is 3570. The molecule has 0 saturated carbocycles. The molecule has 0 fully saturated rings. The van der Waals surface area contributed by atoms with Gasteiger partial charge in [0.25, 0.3) is 6.71 Å². The molecule has 0 saturated heterocycles. The molecule has 2 aromatic heterocycles. The van der Waals surface area contributed by atoms with Crippen LogP contribution in [-0.2, 0) is 16.2 Å². The molecule has 65 heavy (non-hydrogen) atoms. The van der Waals surface area contributed by atoms with Crippen LogP contribution in [0.1, 0.15) is 79.0 Å². The van der Waals surface area contributed by atoms with E-state index < -0.39 is 0 Å². The van der Waals surface area contributed by atoms with Gasteiger partial charge in [0.1, 0.15) is 16.7 Å². The molecule has 12 rings (SSSR count). The number of nitrogens with zero attached hydrogens (tertiary/aromatic N) is 2. The van der Waals surface area contributed by atoms with Crippen LogP contribution >= 0.6 is 0 Å². The highest BCUT2D eigenvalue weighted by Gasteiger charge is 2.45. The average molecular weight is 845 g/mol. The molecule has 0 N–H and O–H groups in total. The zero-order chi connectivity index (χ0) is 44.7. The normalized spacial score (nSPS) is 13.8. The highest BCUT2D eigenvalue weighted by Crippen LogP contribution is 2.49. The fourth-order valence-electron chi connectivity index (χ4n) is 10.6. The van der Waals surface area contributed by atoms with Crippen molar-refractivity contribution in [2.75, 3.05) is 9.80 Å². The van der Waals surface area contributed by atoms with E-state index in [1.54, 1.807) is 0 Å². The van der Waals surface area contributed by atoms with Crippen LogP contribution in [0.25, 0.3) is 55.0 Å². The van der Waals surface area contributed by atoms with Crippen molar-refractivity contribution in [3.63, 3.8) is 0 Å². The second-order valence-corrected chi connectivity index (χ2v) is 21.4. The van der Waals surface area contributed by atoms with Crippen LogP contribution in [0.3, 0.4) is 0 Å². The van der Waals surface area contributed by atoms with Crippen LogP contribution < -0.4 is 26.2 Å². The molecule has 8 aromatic carbocycles. The molecule has 0 spiro atoms.